The Balaban J connectivity index is 1.60. The minimum absolute atomic E-state index is 0.0434. The first-order valence-corrected chi connectivity index (χ1v) is 8.55. The number of rotatable bonds is 2. The Kier molecular flexibility index (Phi) is 4.84. The van der Waals surface area contributed by atoms with E-state index in [4.69, 9.17) is 0 Å². The van der Waals surface area contributed by atoms with Crippen molar-refractivity contribution in [3.63, 3.8) is 0 Å². The minimum Gasteiger partial charge on any atom is -0.341 e. The molecule has 8 nitrogen and oxygen atoms in total. The van der Waals surface area contributed by atoms with Crippen LogP contribution in [0.4, 0.5) is 0 Å². The Labute approximate surface area is 142 Å². The lowest BCUT2D eigenvalue weighted by Gasteiger charge is -2.41. The van der Waals surface area contributed by atoms with Crippen molar-refractivity contribution >= 4 is 11.8 Å². The van der Waals surface area contributed by atoms with Gasteiger partial charge in [-0.25, -0.2) is 0 Å². The van der Waals surface area contributed by atoms with Crippen molar-refractivity contribution < 1.29 is 9.59 Å². The molecule has 24 heavy (non-hydrogen) atoms. The number of likely N-dealkylation sites (N-methyl/N-ethyl adjacent to an activating group) is 1. The first-order valence-electron chi connectivity index (χ1n) is 8.55. The molecule has 2 amide bonds. The molecule has 0 bridgehead atoms. The normalized spacial score (nSPS) is 23.5. The van der Waals surface area contributed by atoms with E-state index in [-0.39, 0.29) is 17.9 Å². The van der Waals surface area contributed by atoms with Crippen LogP contribution in [0.25, 0.3) is 0 Å². The average molecular weight is 334 g/mol. The van der Waals surface area contributed by atoms with Crippen molar-refractivity contribution in [1.82, 2.24) is 29.5 Å². The molecule has 8 heteroatoms. The van der Waals surface area contributed by atoms with Crippen LogP contribution in [0.1, 0.15) is 31.5 Å². The minimum atomic E-state index is -0.228. The van der Waals surface area contributed by atoms with Gasteiger partial charge >= 0.3 is 0 Å². The first kappa shape index (κ1) is 16.9. The summed E-state index contributed by atoms with van der Waals surface area (Å²) in [5.41, 5.74) is 0. The Hall–Kier alpha value is -1.96. The van der Waals surface area contributed by atoms with Crippen LogP contribution in [0.15, 0.2) is 6.33 Å². The van der Waals surface area contributed by atoms with Crippen molar-refractivity contribution in [2.24, 2.45) is 7.05 Å². The second kappa shape index (κ2) is 6.88. The Morgan fingerprint density at radius 1 is 1.08 bits per heavy atom. The van der Waals surface area contributed by atoms with Crippen LogP contribution in [0.2, 0.25) is 0 Å². The molecule has 2 aliphatic rings. The summed E-state index contributed by atoms with van der Waals surface area (Å²) in [6.07, 6.45) is 3.54. The second-order valence-electron chi connectivity index (χ2n) is 6.86. The zero-order chi connectivity index (χ0) is 17.3. The Bertz CT molecular complexity index is 607. The summed E-state index contributed by atoms with van der Waals surface area (Å²) >= 11 is 0. The number of carbonyl (C=O) groups excluding carboxylic acids is 2. The molecule has 2 aliphatic heterocycles. The van der Waals surface area contributed by atoms with Gasteiger partial charge in [-0.2, -0.15) is 0 Å². The van der Waals surface area contributed by atoms with Crippen molar-refractivity contribution in [3.05, 3.63) is 12.2 Å². The van der Waals surface area contributed by atoms with Gasteiger partial charge in [-0.3, -0.25) is 14.5 Å². The quantitative estimate of drug-likeness (QED) is 0.741. The van der Waals surface area contributed by atoms with Gasteiger partial charge in [-0.15, -0.1) is 10.2 Å². The van der Waals surface area contributed by atoms with Gasteiger partial charge in [-0.1, -0.05) is 0 Å². The molecule has 0 saturated carbocycles. The van der Waals surface area contributed by atoms with Gasteiger partial charge in [-0.05, 0) is 19.9 Å². The summed E-state index contributed by atoms with van der Waals surface area (Å²) in [5, 5.41) is 8.15. The van der Waals surface area contributed by atoms with E-state index in [0.717, 1.165) is 38.3 Å². The van der Waals surface area contributed by atoms with Crippen LogP contribution in [-0.4, -0.2) is 87.1 Å². The third kappa shape index (κ3) is 3.28. The molecular formula is C16H26N6O2. The summed E-state index contributed by atoms with van der Waals surface area (Å²) in [5.74, 6) is 1.54. The lowest BCUT2D eigenvalue weighted by Crippen LogP contribution is -2.59. The van der Waals surface area contributed by atoms with Crippen LogP contribution >= 0.6 is 0 Å². The third-order valence-corrected chi connectivity index (χ3v) is 5.30. The molecule has 0 N–H and O–H groups in total. The highest BCUT2D eigenvalue weighted by Crippen LogP contribution is 2.27. The molecule has 2 fully saturated rings. The summed E-state index contributed by atoms with van der Waals surface area (Å²) in [7, 11) is 3.92. The number of hydrogen-bond acceptors (Lipinski definition) is 5. The summed E-state index contributed by atoms with van der Waals surface area (Å²) in [6.45, 7) is 4.98. The molecule has 2 saturated heterocycles. The van der Waals surface area contributed by atoms with Gasteiger partial charge in [0.1, 0.15) is 18.2 Å². The largest absolute Gasteiger partial charge is 0.341 e. The Morgan fingerprint density at radius 2 is 1.79 bits per heavy atom. The van der Waals surface area contributed by atoms with Gasteiger partial charge in [0.15, 0.2) is 0 Å². The lowest BCUT2D eigenvalue weighted by atomic mass is 9.95. The maximum Gasteiger partial charge on any atom is 0.241 e. The maximum atomic E-state index is 12.9. The van der Waals surface area contributed by atoms with Gasteiger partial charge in [0.25, 0.3) is 0 Å². The number of piperidine rings is 1. The molecule has 1 atom stereocenters. The molecule has 0 aliphatic carbocycles. The fraction of sp³-hybridized carbons (Fsp3) is 0.750. The van der Waals surface area contributed by atoms with Gasteiger partial charge in [0, 0.05) is 52.6 Å². The van der Waals surface area contributed by atoms with E-state index in [9.17, 15) is 9.59 Å². The highest BCUT2D eigenvalue weighted by Gasteiger charge is 2.35. The fourth-order valence-corrected chi connectivity index (χ4v) is 3.66. The van der Waals surface area contributed by atoms with Crippen LogP contribution in [0.3, 0.4) is 0 Å². The van der Waals surface area contributed by atoms with Gasteiger partial charge in [0.05, 0.1) is 0 Å². The van der Waals surface area contributed by atoms with Gasteiger partial charge < -0.3 is 14.4 Å². The standard InChI is InChI=1S/C16H26N6O2/c1-12(23)22-9-8-19(2)14(10-22)16(24)21-6-4-13(5-7-21)15-18-17-11-20(15)3/h11,13-14H,4-10H2,1-3H3/t14-/m0/s1. The molecule has 1 aromatic heterocycles. The number of aryl methyl sites for hydroxylation is 1. The summed E-state index contributed by atoms with van der Waals surface area (Å²) in [6, 6.07) is -0.228. The molecular weight excluding hydrogens is 308 g/mol. The van der Waals surface area contributed by atoms with Crippen molar-refractivity contribution in [2.75, 3.05) is 39.8 Å². The number of nitrogens with zero attached hydrogens (tertiary/aromatic N) is 6. The molecule has 0 aromatic carbocycles. The highest BCUT2D eigenvalue weighted by molar-refractivity contribution is 5.83. The first-order chi connectivity index (χ1) is 11.5. The molecule has 0 spiro atoms. The zero-order valence-electron chi connectivity index (χ0n) is 14.7. The van der Waals surface area contributed by atoms with E-state index in [2.05, 4.69) is 15.1 Å². The van der Waals surface area contributed by atoms with Crippen LogP contribution in [0, 0.1) is 0 Å². The zero-order valence-corrected chi connectivity index (χ0v) is 14.7. The predicted molar refractivity (Wildman–Crippen MR) is 88.2 cm³/mol. The number of amides is 2. The van der Waals surface area contributed by atoms with Crippen molar-refractivity contribution in [1.29, 1.82) is 0 Å². The topological polar surface area (TPSA) is 74.6 Å². The summed E-state index contributed by atoms with van der Waals surface area (Å²) < 4.78 is 1.96. The molecule has 1 aromatic rings. The average Bonchev–Trinajstić information content (AvgIpc) is 3.00. The summed E-state index contributed by atoms with van der Waals surface area (Å²) in [4.78, 5) is 30.3. The van der Waals surface area contributed by atoms with Crippen LogP contribution < -0.4 is 0 Å². The number of hydrogen-bond donors (Lipinski definition) is 0. The third-order valence-electron chi connectivity index (χ3n) is 5.30. The van der Waals surface area contributed by atoms with E-state index in [0.29, 0.717) is 19.0 Å². The van der Waals surface area contributed by atoms with Crippen molar-refractivity contribution in [3.8, 4) is 0 Å². The molecule has 3 rings (SSSR count). The van der Waals surface area contributed by atoms with Crippen molar-refractivity contribution in [2.45, 2.75) is 31.7 Å². The number of aromatic nitrogens is 3. The maximum absolute atomic E-state index is 12.9. The van der Waals surface area contributed by atoms with E-state index in [1.54, 1.807) is 18.2 Å². The van der Waals surface area contributed by atoms with E-state index in [1.165, 1.54) is 0 Å². The number of piperazine rings is 1. The SMILES string of the molecule is CC(=O)N1CCN(C)[C@H](C(=O)N2CCC(c3nncn3C)CC2)C1. The van der Waals surface area contributed by atoms with Crippen LogP contribution in [-0.2, 0) is 16.6 Å². The number of carbonyl (C=O) groups is 2. The van der Waals surface area contributed by atoms with E-state index < -0.39 is 0 Å². The molecule has 0 radical (unpaired) electrons. The van der Waals surface area contributed by atoms with E-state index in [1.807, 2.05) is 23.6 Å². The monoisotopic (exact) mass is 334 g/mol. The predicted octanol–water partition coefficient (Wildman–Crippen LogP) is -0.316. The second-order valence-corrected chi connectivity index (χ2v) is 6.86. The Morgan fingerprint density at radius 3 is 2.38 bits per heavy atom. The smallest absolute Gasteiger partial charge is 0.241 e. The lowest BCUT2D eigenvalue weighted by molar-refractivity contribution is -0.143. The highest BCUT2D eigenvalue weighted by atomic mass is 16.2. The molecule has 3 heterocycles. The molecule has 132 valence electrons. The fourth-order valence-electron chi connectivity index (χ4n) is 3.66. The van der Waals surface area contributed by atoms with Crippen LogP contribution in [0.5, 0.6) is 0 Å². The number of likely N-dealkylation sites (tertiary alicyclic amines) is 1. The van der Waals surface area contributed by atoms with E-state index >= 15 is 0 Å². The van der Waals surface area contributed by atoms with Gasteiger partial charge in [0.2, 0.25) is 11.8 Å². The molecule has 0 unspecified atom stereocenters.